The molecule has 7 heteroatoms. The third-order valence-corrected chi connectivity index (χ3v) is 2.97. The highest BCUT2D eigenvalue weighted by molar-refractivity contribution is 6.20. The molecule has 1 heterocycles. The van der Waals surface area contributed by atoms with Gasteiger partial charge < -0.3 is 10.1 Å². The molecular weight excluding hydrogens is 312 g/mol. The second-order valence-corrected chi connectivity index (χ2v) is 6.07. The van der Waals surface area contributed by atoms with E-state index in [4.69, 9.17) is 9.57 Å². The number of benzene rings is 1. The molecule has 7 nitrogen and oxygen atoms in total. The highest BCUT2D eigenvalue weighted by Gasteiger charge is 2.36. The van der Waals surface area contributed by atoms with Gasteiger partial charge >= 0.3 is 6.09 Å². The van der Waals surface area contributed by atoms with Crippen LogP contribution in [0.25, 0.3) is 0 Å². The maximum atomic E-state index is 12.0. The fourth-order valence-electron chi connectivity index (χ4n) is 2.02. The van der Waals surface area contributed by atoms with Gasteiger partial charge in [0.2, 0.25) is 0 Å². The Hall–Kier alpha value is -2.41. The second kappa shape index (κ2) is 7.92. The van der Waals surface area contributed by atoms with Crippen LogP contribution in [0.2, 0.25) is 0 Å². The van der Waals surface area contributed by atoms with Gasteiger partial charge in [-0.15, -0.1) is 5.06 Å². The Kier molecular flexibility index (Phi) is 6.48. The molecule has 24 heavy (non-hydrogen) atoms. The van der Waals surface area contributed by atoms with Gasteiger partial charge in [-0.3, -0.25) is 14.4 Å². The van der Waals surface area contributed by atoms with Gasteiger partial charge in [0.15, 0.2) is 0 Å². The van der Waals surface area contributed by atoms with E-state index in [-0.39, 0.29) is 14.0 Å². The minimum Gasteiger partial charge on any atom is -0.444 e. The Morgan fingerprint density at radius 3 is 2.17 bits per heavy atom. The third kappa shape index (κ3) is 4.79. The summed E-state index contributed by atoms with van der Waals surface area (Å²) in [6.07, 6.45) is -0.0784. The minimum absolute atomic E-state index is 0. The Bertz CT molecular complexity index is 587. The van der Waals surface area contributed by atoms with Gasteiger partial charge in [0.1, 0.15) is 5.60 Å². The number of alkyl carbamates (subject to hydrolysis) is 1. The summed E-state index contributed by atoms with van der Waals surface area (Å²) in [5.74, 6) is -0.934. The minimum atomic E-state index is -0.555. The normalized spacial score (nSPS) is 13.4. The topological polar surface area (TPSA) is 84.9 Å². The number of amides is 3. The van der Waals surface area contributed by atoms with Crippen molar-refractivity contribution in [3.05, 3.63) is 35.4 Å². The summed E-state index contributed by atoms with van der Waals surface area (Å²) in [6.45, 7) is 5.77. The molecule has 132 valence electrons. The molecule has 0 radical (unpaired) electrons. The van der Waals surface area contributed by atoms with Crippen LogP contribution in [-0.2, 0) is 9.57 Å². The molecule has 0 aromatic heterocycles. The number of rotatable bonds is 5. The largest absolute Gasteiger partial charge is 0.444 e. The molecule has 1 aliphatic heterocycles. The molecular formula is C17H24N2O5. The third-order valence-electron chi connectivity index (χ3n) is 2.97. The SMILES string of the molecule is C.CC(C)(C)OC(=O)NCCCON1C(=O)c2ccccc2C1=O. The smallest absolute Gasteiger partial charge is 0.407 e. The molecule has 1 aromatic carbocycles. The first-order valence-electron chi connectivity index (χ1n) is 7.37. The number of hydroxylamine groups is 2. The number of imide groups is 1. The number of hydrogen-bond donors (Lipinski definition) is 1. The Labute approximate surface area is 141 Å². The Morgan fingerprint density at radius 1 is 1.12 bits per heavy atom. The van der Waals surface area contributed by atoms with Crippen molar-refractivity contribution in [3.8, 4) is 0 Å². The van der Waals surface area contributed by atoms with Gasteiger partial charge in [0, 0.05) is 6.54 Å². The lowest BCUT2D eigenvalue weighted by atomic mass is 10.1. The molecule has 3 amide bonds. The Balaban J connectivity index is 0.00000288. The van der Waals surface area contributed by atoms with Gasteiger partial charge in [0.25, 0.3) is 11.8 Å². The quantitative estimate of drug-likeness (QED) is 0.660. The summed E-state index contributed by atoms with van der Waals surface area (Å²) in [5.41, 5.74) is 0.120. The van der Waals surface area contributed by atoms with Crippen molar-refractivity contribution in [1.29, 1.82) is 0 Å². The zero-order valence-electron chi connectivity index (χ0n) is 13.4. The standard InChI is InChI=1S/C16H20N2O5.CH4/c1-16(2,3)23-15(21)17-9-6-10-22-18-13(19)11-7-4-5-8-12(11)14(18)20;/h4-5,7-8H,6,9-10H2,1-3H3,(H,17,21);1H4. The predicted octanol–water partition coefficient (Wildman–Crippen LogP) is 2.77. The lowest BCUT2D eigenvalue weighted by Gasteiger charge is -2.19. The maximum absolute atomic E-state index is 12.0. The molecule has 1 aromatic rings. The average Bonchev–Trinajstić information content (AvgIpc) is 2.70. The van der Waals surface area contributed by atoms with Crippen molar-refractivity contribution < 1.29 is 24.0 Å². The van der Waals surface area contributed by atoms with Crippen LogP contribution in [0.3, 0.4) is 0 Å². The summed E-state index contributed by atoms with van der Waals surface area (Å²) in [6, 6.07) is 6.56. The van der Waals surface area contributed by atoms with E-state index in [0.717, 1.165) is 5.06 Å². The number of carbonyl (C=O) groups excluding carboxylic acids is 3. The number of hydrogen-bond acceptors (Lipinski definition) is 5. The van der Waals surface area contributed by atoms with Gasteiger partial charge in [-0.25, -0.2) is 4.79 Å². The van der Waals surface area contributed by atoms with Gasteiger partial charge in [0.05, 0.1) is 17.7 Å². The summed E-state index contributed by atoms with van der Waals surface area (Å²) in [4.78, 5) is 40.7. The second-order valence-electron chi connectivity index (χ2n) is 6.07. The van der Waals surface area contributed by atoms with E-state index < -0.39 is 23.5 Å². The van der Waals surface area contributed by atoms with E-state index >= 15 is 0 Å². The zero-order valence-corrected chi connectivity index (χ0v) is 13.4. The maximum Gasteiger partial charge on any atom is 0.407 e. The molecule has 2 rings (SSSR count). The summed E-state index contributed by atoms with van der Waals surface area (Å²) in [7, 11) is 0. The van der Waals surface area contributed by atoms with Crippen LogP contribution >= 0.6 is 0 Å². The first kappa shape index (κ1) is 19.6. The molecule has 0 fully saturated rings. The van der Waals surface area contributed by atoms with Crippen LogP contribution in [0.1, 0.15) is 55.3 Å². The van der Waals surface area contributed by atoms with Crippen molar-refractivity contribution in [2.24, 2.45) is 0 Å². The lowest BCUT2D eigenvalue weighted by Crippen LogP contribution is -2.34. The van der Waals surface area contributed by atoms with E-state index in [0.29, 0.717) is 24.1 Å². The van der Waals surface area contributed by atoms with E-state index in [1.807, 2.05) is 0 Å². The number of nitrogens with one attached hydrogen (secondary N) is 1. The van der Waals surface area contributed by atoms with Crippen molar-refractivity contribution in [1.82, 2.24) is 10.4 Å². The molecule has 0 saturated heterocycles. The molecule has 0 spiro atoms. The number of nitrogens with zero attached hydrogens (tertiary/aromatic N) is 1. The van der Waals surface area contributed by atoms with Gasteiger partial charge in [-0.2, -0.15) is 0 Å². The highest BCUT2D eigenvalue weighted by atomic mass is 16.7. The molecule has 0 aliphatic carbocycles. The van der Waals surface area contributed by atoms with E-state index in [1.165, 1.54) is 0 Å². The zero-order chi connectivity index (χ0) is 17.0. The van der Waals surface area contributed by atoms with Crippen LogP contribution in [0.15, 0.2) is 24.3 Å². The lowest BCUT2D eigenvalue weighted by molar-refractivity contribution is -0.0917. The Morgan fingerprint density at radius 2 is 1.67 bits per heavy atom. The summed E-state index contributed by atoms with van der Waals surface area (Å²) >= 11 is 0. The van der Waals surface area contributed by atoms with Crippen molar-refractivity contribution >= 4 is 17.9 Å². The van der Waals surface area contributed by atoms with Crippen LogP contribution in [-0.4, -0.2) is 41.7 Å². The molecule has 0 bridgehead atoms. The van der Waals surface area contributed by atoms with E-state index in [1.54, 1.807) is 45.0 Å². The van der Waals surface area contributed by atoms with Gasteiger partial charge in [-0.05, 0) is 39.3 Å². The summed E-state index contributed by atoms with van der Waals surface area (Å²) < 4.78 is 5.08. The van der Waals surface area contributed by atoms with Crippen molar-refractivity contribution in [3.63, 3.8) is 0 Å². The molecule has 1 aliphatic rings. The average molecular weight is 336 g/mol. The molecule has 0 unspecified atom stereocenters. The number of ether oxygens (including phenoxy) is 1. The molecule has 0 saturated carbocycles. The van der Waals surface area contributed by atoms with Crippen LogP contribution in [0.4, 0.5) is 4.79 Å². The van der Waals surface area contributed by atoms with Crippen molar-refractivity contribution in [2.45, 2.75) is 40.2 Å². The van der Waals surface area contributed by atoms with Crippen molar-refractivity contribution in [2.75, 3.05) is 13.2 Å². The number of fused-ring (bicyclic) bond motifs is 1. The fourth-order valence-corrected chi connectivity index (χ4v) is 2.02. The first-order valence-corrected chi connectivity index (χ1v) is 7.37. The molecule has 0 atom stereocenters. The van der Waals surface area contributed by atoms with Crippen LogP contribution in [0, 0.1) is 0 Å². The summed E-state index contributed by atoms with van der Waals surface area (Å²) in [5, 5.41) is 3.34. The monoisotopic (exact) mass is 336 g/mol. The van der Waals surface area contributed by atoms with Gasteiger partial charge in [-0.1, -0.05) is 19.6 Å². The molecule has 1 N–H and O–H groups in total. The predicted molar refractivity (Wildman–Crippen MR) is 88.5 cm³/mol. The van der Waals surface area contributed by atoms with Crippen LogP contribution in [0.5, 0.6) is 0 Å². The van der Waals surface area contributed by atoms with E-state index in [2.05, 4.69) is 5.32 Å². The highest BCUT2D eigenvalue weighted by Crippen LogP contribution is 2.22. The first-order chi connectivity index (χ1) is 10.8. The van der Waals surface area contributed by atoms with Crippen LogP contribution < -0.4 is 5.32 Å². The fraction of sp³-hybridized carbons (Fsp3) is 0.471. The van der Waals surface area contributed by atoms with E-state index in [9.17, 15) is 14.4 Å². The number of carbonyl (C=O) groups is 3.